The number of ether oxygens (including phenoxy) is 2. The molecule has 0 unspecified atom stereocenters. The zero-order valence-electron chi connectivity index (χ0n) is 17.4. The van der Waals surface area contributed by atoms with Gasteiger partial charge in [-0.05, 0) is 72.5 Å². The number of rotatable bonds is 8. The van der Waals surface area contributed by atoms with Crippen LogP contribution in [0.25, 0.3) is 0 Å². The largest absolute Gasteiger partial charge is 0.423 e. The standard InChI is InChI=1S/C26H26O4/c1-3-5-19-7-11-21(12-8-19)25(27)29-23-15-17-24(18-16-23)30-26(28)22-13-9-20(6-4-2)10-14-22/h7-18H,3-6H2,1-2H3. The fourth-order valence-corrected chi connectivity index (χ4v) is 3.10. The lowest BCUT2D eigenvalue weighted by Gasteiger charge is -2.08. The van der Waals surface area contributed by atoms with E-state index in [2.05, 4.69) is 13.8 Å². The molecule has 0 spiro atoms. The summed E-state index contributed by atoms with van der Waals surface area (Å²) >= 11 is 0. The van der Waals surface area contributed by atoms with Gasteiger partial charge < -0.3 is 9.47 Å². The molecule has 3 aromatic rings. The van der Waals surface area contributed by atoms with Crippen LogP contribution in [0, 0.1) is 0 Å². The van der Waals surface area contributed by atoms with Gasteiger partial charge in [0.1, 0.15) is 11.5 Å². The van der Waals surface area contributed by atoms with Crippen LogP contribution < -0.4 is 9.47 Å². The van der Waals surface area contributed by atoms with Crippen LogP contribution in [-0.4, -0.2) is 11.9 Å². The third-order valence-corrected chi connectivity index (χ3v) is 4.70. The Balaban J connectivity index is 1.57. The topological polar surface area (TPSA) is 52.6 Å². The number of benzene rings is 3. The van der Waals surface area contributed by atoms with E-state index in [1.807, 2.05) is 24.3 Å². The molecule has 0 amide bonds. The van der Waals surface area contributed by atoms with Crippen LogP contribution in [0.3, 0.4) is 0 Å². The van der Waals surface area contributed by atoms with Crippen molar-refractivity contribution in [3.63, 3.8) is 0 Å². The van der Waals surface area contributed by atoms with E-state index in [1.54, 1.807) is 48.5 Å². The van der Waals surface area contributed by atoms with Crippen molar-refractivity contribution >= 4 is 11.9 Å². The van der Waals surface area contributed by atoms with Gasteiger partial charge in [0.05, 0.1) is 11.1 Å². The lowest BCUT2D eigenvalue weighted by Crippen LogP contribution is -2.09. The van der Waals surface area contributed by atoms with Crippen molar-refractivity contribution in [2.45, 2.75) is 39.5 Å². The molecule has 0 aliphatic rings. The Labute approximate surface area is 177 Å². The van der Waals surface area contributed by atoms with Gasteiger partial charge in [-0.3, -0.25) is 0 Å². The van der Waals surface area contributed by atoms with Gasteiger partial charge in [-0.25, -0.2) is 9.59 Å². The molecule has 0 aliphatic heterocycles. The van der Waals surface area contributed by atoms with Crippen LogP contribution in [0.1, 0.15) is 58.5 Å². The van der Waals surface area contributed by atoms with E-state index in [0.29, 0.717) is 22.6 Å². The number of carbonyl (C=O) groups is 2. The summed E-state index contributed by atoms with van der Waals surface area (Å²) in [6.07, 6.45) is 4.09. The highest BCUT2D eigenvalue weighted by Gasteiger charge is 2.11. The van der Waals surface area contributed by atoms with Crippen molar-refractivity contribution < 1.29 is 19.1 Å². The molecule has 0 aromatic heterocycles. The molecule has 154 valence electrons. The van der Waals surface area contributed by atoms with E-state index in [-0.39, 0.29) is 0 Å². The van der Waals surface area contributed by atoms with Gasteiger partial charge in [0, 0.05) is 0 Å². The average molecular weight is 402 g/mol. The van der Waals surface area contributed by atoms with Crippen LogP contribution in [0.2, 0.25) is 0 Å². The Morgan fingerprint density at radius 3 is 1.20 bits per heavy atom. The summed E-state index contributed by atoms with van der Waals surface area (Å²) in [7, 11) is 0. The SMILES string of the molecule is CCCc1ccc(C(=O)Oc2ccc(OC(=O)c3ccc(CCC)cc3)cc2)cc1. The molecule has 3 rings (SSSR count). The molecular formula is C26H26O4. The number of aryl methyl sites for hydroxylation is 2. The first-order chi connectivity index (χ1) is 14.6. The van der Waals surface area contributed by atoms with Crippen LogP contribution in [0.5, 0.6) is 11.5 Å². The van der Waals surface area contributed by atoms with Crippen LogP contribution in [0.4, 0.5) is 0 Å². The quantitative estimate of drug-likeness (QED) is 0.341. The molecule has 0 N–H and O–H groups in total. The molecule has 30 heavy (non-hydrogen) atoms. The Kier molecular flexibility index (Phi) is 7.39. The molecule has 0 heterocycles. The molecular weight excluding hydrogens is 376 g/mol. The molecule has 0 radical (unpaired) electrons. The molecule has 3 aromatic carbocycles. The first-order valence-electron chi connectivity index (χ1n) is 10.3. The van der Waals surface area contributed by atoms with Gasteiger partial charge in [0.15, 0.2) is 0 Å². The van der Waals surface area contributed by atoms with Gasteiger partial charge >= 0.3 is 11.9 Å². The maximum absolute atomic E-state index is 12.3. The van der Waals surface area contributed by atoms with E-state index in [9.17, 15) is 9.59 Å². The highest BCUT2D eigenvalue weighted by molar-refractivity contribution is 5.92. The van der Waals surface area contributed by atoms with E-state index in [1.165, 1.54) is 11.1 Å². The smallest absolute Gasteiger partial charge is 0.343 e. The maximum Gasteiger partial charge on any atom is 0.343 e. The number of hydrogen-bond acceptors (Lipinski definition) is 4. The van der Waals surface area contributed by atoms with Crippen LogP contribution >= 0.6 is 0 Å². The molecule has 4 nitrogen and oxygen atoms in total. The van der Waals surface area contributed by atoms with Gasteiger partial charge in [-0.2, -0.15) is 0 Å². The second kappa shape index (κ2) is 10.4. The summed E-state index contributed by atoms with van der Waals surface area (Å²) in [4.78, 5) is 24.6. The van der Waals surface area contributed by atoms with Gasteiger partial charge in [-0.1, -0.05) is 51.0 Å². The third kappa shape index (κ3) is 5.80. The zero-order valence-corrected chi connectivity index (χ0v) is 17.4. The van der Waals surface area contributed by atoms with Crippen molar-refractivity contribution in [3.8, 4) is 11.5 Å². The normalized spacial score (nSPS) is 10.5. The summed E-state index contributed by atoms with van der Waals surface area (Å²) in [6, 6.07) is 21.3. The fraction of sp³-hybridized carbons (Fsp3) is 0.231. The van der Waals surface area contributed by atoms with Crippen molar-refractivity contribution in [3.05, 3.63) is 95.1 Å². The molecule has 0 bridgehead atoms. The molecule has 0 saturated carbocycles. The summed E-state index contributed by atoms with van der Waals surface area (Å²) in [5.41, 5.74) is 3.38. The monoisotopic (exact) mass is 402 g/mol. The Morgan fingerprint density at radius 1 is 0.567 bits per heavy atom. The molecule has 4 heteroatoms. The van der Waals surface area contributed by atoms with Crippen molar-refractivity contribution in [2.75, 3.05) is 0 Å². The zero-order chi connectivity index (χ0) is 21.3. The van der Waals surface area contributed by atoms with Crippen molar-refractivity contribution in [1.29, 1.82) is 0 Å². The second-order valence-electron chi connectivity index (χ2n) is 7.14. The van der Waals surface area contributed by atoms with E-state index < -0.39 is 11.9 Å². The second-order valence-corrected chi connectivity index (χ2v) is 7.14. The third-order valence-electron chi connectivity index (χ3n) is 4.70. The van der Waals surface area contributed by atoms with Gasteiger partial charge in [0.25, 0.3) is 0 Å². The lowest BCUT2D eigenvalue weighted by atomic mass is 10.1. The molecule has 0 saturated heterocycles. The minimum Gasteiger partial charge on any atom is -0.423 e. The Hall–Kier alpha value is -3.40. The Morgan fingerprint density at radius 2 is 0.900 bits per heavy atom. The predicted molar refractivity (Wildman–Crippen MR) is 117 cm³/mol. The first-order valence-corrected chi connectivity index (χ1v) is 10.3. The fourth-order valence-electron chi connectivity index (χ4n) is 3.10. The summed E-state index contributed by atoms with van der Waals surface area (Å²) in [5.74, 6) is -0.0624. The first kappa shape index (κ1) is 21.3. The van der Waals surface area contributed by atoms with E-state index >= 15 is 0 Å². The highest BCUT2D eigenvalue weighted by Crippen LogP contribution is 2.20. The minimum atomic E-state index is -0.421. The van der Waals surface area contributed by atoms with Crippen LogP contribution in [0.15, 0.2) is 72.8 Å². The van der Waals surface area contributed by atoms with Crippen molar-refractivity contribution in [2.24, 2.45) is 0 Å². The Bertz CT molecular complexity index is 889. The maximum atomic E-state index is 12.3. The summed E-state index contributed by atoms with van der Waals surface area (Å²) < 4.78 is 10.8. The van der Waals surface area contributed by atoms with E-state index in [0.717, 1.165) is 25.7 Å². The van der Waals surface area contributed by atoms with E-state index in [4.69, 9.17) is 9.47 Å². The highest BCUT2D eigenvalue weighted by atomic mass is 16.5. The molecule has 0 atom stereocenters. The summed E-state index contributed by atoms with van der Waals surface area (Å²) in [6.45, 7) is 4.23. The van der Waals surface area contributed by atoms with Gasteiger partial charge in [0.2, 0.25) is 0 Å². The molecule has 0 aliphatic carbocycles. The average Bonchev–Trinajstić information content (AvgIpc) is 2.76. The molecule has 0 fully saturated rings. The van der Waals surface area contributed by atoms with Crippen molar-refractivity contribution in [1.82, 2.24) is 0 Å². The van der Waals surface area contributed by atoms with Crippen LogP contribution in [-0.2, 0) is 12.8 Å². The number of hydrogen-bond donors (Lipinski definition) is 0. The predicted octanol–water partition coefficient (Wildman–Crippen LogP) is 6.03. The minimum absolute atomic E-state index is 0.390. The number of carbonyl (C=O) groups excluding carboxylic acids is 2. The summed E-state index contributed by atoms with van der Waals surface area (Å²) in [5, 5.41) is 0. The number of esters is 2. The van der Waals surface area contributed by atoms with Gasteiger partial charge in [-0.15, -0.1) is 0 Å². The lowest BCUT2D eigenvalue weighted by molar-refractivity contribution is 0.0719.